The van der Waals surface area contributed by atoms with Crippen LogP contribution >= 0.6 is 0 Å². The Kier molecular flexibility index (Phi) is 4.15. The molecule has 0 aliphatic carbocycles. The zero-order valence-electron chi connectivity index (χ0n) is 8.05. The summed E-state index contributed by atoms with van der Waals surface area (Å²) in [6.07, 6.45) is 0.188. The molecule has 6 nitrogen and oxygen atoms in total. The Morgan fingerprint density at radius 1 is 1.47 bits per heavy atom. The van der Waals surface area contributed by atoms with E-state index in [0.29, 0.717) is 0 Å². The number of hydrogen-bond acceptors (Lipinski definition) is 3. The molecule has 0 aliphatic rings. The van der Waals surface area contributed by atoms with Crippen LogP contribution in [0.4, 0.5) is 0 Å². The molecule has 0 unspecified atom stereocenters. The molecule has 0 aromatic heterocycles. The second kappa shape index (κ2) is 5.64. The average Bonchev–Trinajstić information content (AvgIpc) is 2.28. The van der Waals surface area contributed by atoms with Gasteiger partial charge in [0.15, 0.2) is 0 Å². The highest BCUT2D eigenvalue weighted by atomic mass is 16.2. The molecule has 0 fully saturated rings. The summed E-state index contributed by atoms with van der Waals surface area (Å²) < 4.78 is 0. The number of hydrazine groups is 1. The van der Waals surface area contributed by atoms with Gasteiger partial charge in [0, 0.05) is 4.91 Å². The number of carbonyl (C=O) groups excluding carboxylic acids is 1. The first-order valence-corrected chi connectivity index (χ1v) is 4.35. The lowest BCUT2D eigenvalue weighted by Crippen LogP contribution is -2.31. The van der Waals surface area contributed by atoms with Crippen molar-refractivity contribution >= 4 is 5.91 Å². The van der Waals surface area contributed by atoms with Gasteiger partial charge in [0.25, 0.3) is 0 Å². The van der Waals surface area contributed by atoms with Crippen LogP contribution in [0.1, 0.15) is 11.1 Å². The van der Waals surface area contributed by atoms with E-state index in [1.54, 1.807) is 6.07 Å². The van der Waals surface area contributed by atoms with Crippen molar-refractivity contribution < 1.29 is 4.79 Å². The summed E-state index contributed by atoms with van der Waals surface area (Å²) in [5.41, 5.74) is 11.9. The SMILES string of the molecule is [N-]=[N+]=NCc1ccccc1CC(=O)NN. The fraction of sp³-hybridized carbons (Fsp3) is 0.222. The van der Waals surface area contributed by atoms with Crippen molar-refractivity contribution in [3.63, 3.8) is 0 Å². The predicted molar refractivity (Wildman–Crippen MR) is 55.3 cm³/mol. The van der Waals surface area contributed by atoms with Gasteiger partial charge >= 0.3 is 0 Å². The van der Waals surface area contributed by atoms with Gasteiger partial charge in [-0.15, -0.1) is 0 Å². The number of nitrogens with zero attached hydrogens (tertiary/aromatic N) is 3. The van der Waals surface area contributed by atoms with Crippen LogP contribution in [0.25, 0.3) is 10.4 Å². The van der Waals surface area contributed by atoms with Crippen molar-refractivity contribution in [1.82, 2.24) is 5.43 Å². The van der Waals surface area contributed by atoms with Crippen LogP contribution in [0, 0.1) is 0 Å². The quantitative estimate of drug-likeness (QED) is 0.191. The first-order chi connectivity index (χ1) is 7.27. The molecule has 15 heavy (non-hydrogen) atoms. The predicted octanol–water partition coefficient (Wildman–Crippen LogP) is 1.03. The summed E-state index contributed by atoms with van der Waals surface area (Å²) in [5, 5.41) is 3.45. The normalized spacial score (nSPS) is 9.13. The number of carbonyl (C=O) groups is 1. The van der Waals surface area contributed by atoms with Crippen LogP contribution in [0.3, 0.4) is 0 Å². The smallest absolute Gasteiger partial charge is 0.238 e. The lowest BCUT2D eigenvalue weighted by atomic mass is 10.0. The van der Waals surface area contributed by atoms with Crippen LogP contribution in [-0.4, -0.2) is 5.91 Å². The summed E-state index contributed by atoms with van der Waals surface area (Å²) in [5.74, 6) is 4.71. The molecule has 78 valence electrons. The Balaban J connectivity index is 2.85. The maximum absolute atomic E-state index is 11.1. The molecule has 0 saturated carbocycles. The number of amides is 1. The van der Waals surface area contributed by atoms with E-state index in [0.717, 1.165) is 11.1 Å². The molecule has 0 radical (unpaired) electrons. The Morgan fingerprint density at radius 3 is 2.73 bits per heavy atom. The summed E-state index contributed by atoms with van der Waals surface area (Å²) in [6.45, 7) is 0.241. The minimum absolute atomic E-state index is 0.188. The minimum Gasteiger partial charge on any atom is -0.294 e. The molecule has 0 aliphatic heterocycles. The number of azide groups is 1. The third-order valence-corrected chi connectivity index (χ3v) is 1.93. The Morgan fingerprint density at radius 2 is 2.13 bits per heavy atom. The van der Waals surface area contributed by atoms with Gasteiger partial charge in [-0.2, -0.15) is 0 Å². The van der Waals surface area contributed by atoms with E-state index in [4.69, 9.17) is 11.4 Å². The highest BCUT2D eigenvalue weighted by molar-refractivity contribution is 5.78. The molecular formula is C9H11N5O. The third kappa shape index (κ3) is 3.30. The van der Waals surface area contributed by atoms with E-state index in [2.05, 4.69) is 15.5 Å². The highest BCUT2D eigenvalue weighted by Crippen LogP contribution is 2.10. The van der Waals surface area contributed by atoms with E-state index in [9.17, 15) is 4.79 Å². The van der Waals surface area contributed by atoms with Gasteiger partial charge in [0.2, 0.25) is 5.91 Å². The van der Waals surface area contributed by atoms with Gasteiger partial charge in [0.05, 0.1) is 13.0 Å². The maximum Gasteiger partial charge on any atom is 0.238 e. The van der Waals surface area contributed by atoms with Crippen LogP contribution in [0.15, 0.2) is 29.4 Å². The molecule has 3 N–H and O–H groups in total. The van der Waals surface area contributed by atoms with Crippen molar-refractivity contribution in [3.8, 4) is 0 Å². The second-order valence-electron chi connectivity index (χ2n) is 2.90. The van der Waals surface area contributed by atoms with Crippen molar-refractivity contribution in [3.05, 3.63) is 45.8 Å². The van der Waals surface area contributed by atoms with Gasteiger partial charge in [-0.05, 0) is 16.7 Å². The third-order valence-electron chi connectivity index (χ3n) is 1.93. The zero-order chi connectivity index (χ0) is 11.1. The van der Waals surface area contributed by atoms with Gasteiger partial charge in [-0.25, -0.2) is 5.84 Å². The van der Waals surface area contributed by atoms with Crippen molar-refractivity contribution in [2.75, 3.05) is 0 Å². The van der Waals surface area contributed by atoms with Crippen LogP contribution < -0.4 is 11.3 Å². The van der Waals surface area contributed by atoms with Crippen molar-refractivity contribution in [2.45, 2.75) is 13.0 Å². The highest BCUT2D eigenvalue weighted by Gasteiger charge is 2.05. The molecule has 0 saturated heterocycles. The first-order valence-electron chi connectivity index (χ1n) is 4.35. The Hall–Kier alpha value is -2.04. The molecule has 0 heterocycles. The molecule has 6 heteroatoms. The largest absolute Gasteiger partial charge is 0.294 e. The van der Waals surface area contributed by atoms with Crippen LogP contribution in [0.2, 0.25) is 0 Å². The van der Waals surface area contributed by atoms with E-state index >= 15 is 0 Å². The number of nitrogens with one attached hydrogen (secondary N) is 1. The molecule has 1 amide bonds. The van der Waals surface area contributed by atoms with E-state index in [1.165, 1.54) is 0 Å². The van der Waals surface area contributed by atoms with Gasteiger partial charge in [0.1, 0.15) is 0 Å². The lowest BCUT2D eigenvalue weighted by molar-refractivity contribution is -0.120. The van der Waals surface area contributed by atoms with Gasteiger partial charge in [-0.1, -0.05) is 29.4 Å². The number of rotatable bonds is 4. The molecule has 0 bridgehead atoms. The molecule has 1 rings (SSSR count). The number of nitrogens with two attached hydrogens (primary N) is 1. The molecule has 1 aromatic rings. The lowest BCUT2D eigenvalue weighted by Gasteiger charge is -2.05. The molecule has 0 spiro atoms. The van der Waals surface area contributed by atoms with E-state index in [-0.39, 0.29) is 18.9 Å². The molecular weight excluding hydrogens is 194 g/mol. The molecule has 0 atom stereocenters. The second-order valence-corrected chi connectivity index (χ2v) is 2.90. The topological polar surface area (TPSA) is 104 Å². The fourth-order valence-electron chi connectivity index (χ4n) is 1.22. The van der Waals surface area contributed by atoms with E-state index in [1.807, 2.05) is 18.2 Å². The van der Waals surface area contributed by atoms with Crippen molar-refractivity contribution in [2.24, 2.45) is 11.0 Å². The number of hydrogen-bond donors (Lipinski definition) is 2. The summed E-state index contributed by atoms with van der Waals surface area (Å²) in [7, 11) is 0. The maximum atomic E-state index is 11.1. The summed E-state index contributed by atoms with van der Waals surface area (Å²) >= 11 is 0. The monoisotopic (exact) mass is 205 g/mol. The summed E-state index contributed by atoms with van der Waals surface area (Å²) in [4.78, 5) is 13.7. The van der Waals surface area contributed by atoms with E-state index < -0.39 is 0 Å². The average molecular weight is 205 g/mol. The van der Waals surface area contributed by atoms with Gasteiger partial charge in [-0.3, -0.25) is 10.2 Å². The fourth-order valence-corrected chi connectivity index (χ4v) is 1.22. The first kappa shape index (κ1) is 11.0. The standard InChI is InChI=1S/C9H11N5O/c10-13-9(15)5-7-3-1-2-4-8(7)6-12-14-11/h1-4H,5-6,10H2,(H,13,15). The zero-order valence-corrected chi connectivity index (χ0v) is 8.05. The van der Waals surface area contributed by atoms with Crippen LogP contribution in [-0.2, 0) is 17.8 Å². The minimum atomic E-state index is -0.275. The van der Waals surface area contributed by atoms with Crippen LogP contribution in [0.5, 0.6) is 0 Å². The van der Waals surface area contributed by atoms with Crippen molar-refractivity contribution in [1.29, 1.82) is 0 Å². The number of benzene rings is 1. The Bertz CT molecular complexity index is 397. The summed E-state index contributed by atoms with van der Waals surface area (Å²) in [6, 6.07) is 7.26. The van der Waals surface area contributed by atoms with Gasteiger partial charge < -0.3 is 0 Å². The Labute approximate surface area is 86.7 Å². The molecule has 1 aromatic carbocycles.